The molecule has 1 heterocycles. The Morgan fingerprint density at radius 2 is 1.54 bits per heavy atom. The molecule has 28 heavy (non-hydrogen) atoms. The highest BCUT2D eigenvalue weighted by Gasteiger charge is 2.35. The Kier molecular flexibility index (Phi) is 13.5. The lowest BCUT2D eigenvalue weighted by Crippen LogP contribution is -2.35. The molecular formula is C18H33BN2O7. The fourth-order valence-corrected chi connectivity index (χ4v) is 2.55. The maximum atomic E-state index is 11.8. The average Bonchev–Trinajstić information content (AvgIpc) is 2.92. The highest BCUT2D eigenvalue weighted by Crippen LogP contribution is 2.21. The van der Waals surface area contributed by atoms with Crippen LogP contribution in [0.2, 0.25) is 5.82 Å². The number of hydrogen-bond donors (Lipinski definition) is 1. The van der Waals surface area contributed by atoms with Crippen molar-refractivity contribution >= 4 is 25.6 Å². The highest BCUT2D eigenvalue weighted by molar-refractivity contribution is 6.29. The number of nitrogens with one attached hydrogen (secondary N) is 1. The van der Waals surface area contributed by atoms with Crippen molar-refractivity contribution in [3.8, 4) is 0 Å². The zero-order valence-corrected chi connectivity index (χ0v) is 17.1. The first-order valence-corrected chi connectivity index (χ1v) is 9.98. The monoisotopic (exact) mass is 400 g/mol. The van der Waals surface area contributed by atoms with Gasteiger partial charge in [-0.2, -0.15) is 0 Å². The molecule has 1 aliphatic rings. The molecule has 160 valence electrons. The van der Waals surface area contributed by atoms with Crippen LogP contribution in [0.5, 0.6) is 0 Å². The van der Waals surface area contributed by atoms with Gasteiger partial charge in [-0.15, -0.1) is 0 Å². The van der Waals surface area contributed by atoms with E-state index in [2.05, 4.69) is 12.2 Å². The van der Waals surface area contributed by atoms with Crippen molar-refractivity contribution in [3.63, 3.8) is 0 Å². The summed E-state index contributed by atoms with van der Waals surface area (Å²) in [6, 6.07) is 0. The largest absolute Gasteiger partial charge is 0.379 e. The maximum absolute atomic E-state index is 11.8. The fraction of sp³-hybridized carbons (Fsp3) is 0.833. The van der Waals surface area contributed by atoms with Crippen LogP contribution in [0.4, 0.5) is 0 Å². The van der Waals surface area contributed by atoms with Crippen molar-refractivity contribution in [2.45, 2.75) is 32.0 Å². The van der Waals surface area contributed by atoms with Gasteiger partial charge in [0, 0.05) is 38.4 Å². The summed E-state index contributed by atoms with van der Waals surface area (Å²) in [5.41, 5.74) is 0. The van der Waals surface area contributed by atoms with E-state index in [1.54, 1.807) is 7.85 Å². The predicted octanol–water partition coefficient (Wildman–Crippen LogP) is -0.850. The summed E-state index contributed by atoms with van der Waals surface area (Å²) in [5, 5.41) is 2.70. The van der Waals surface area contributed by atoms with Crippen molar-refractivity contribution in [3.05, 3.63) is 0 Å². The molecule has 0 aromatic carbocycles. The fourth-order valence-electron chi connectivity index (χ4n) is 2.55. The minimum absolute atomic E-state index is 0.108. The van der Waals surface area contributed by atoms with Gasteiger partial charge in [0.2, 0.25) is 17.7 Å². The number of rotatable bonds is 17. The molecule has 0 radical (unpaired) electrons. The Morgan fingerprint density at radius 3 is 2.04 bits per heavy atom. The van der Waals surface area contributed by atoms with Crippen molar-refractivity contribution < 1.29 is 33.3 Å². The average molecular weight is 400 g/mol. The minimum atomic E-state index is -0.280. The van der Waals surface area contributed by atoms with Crippen molar-refractivity contribution in [2.24, 2.45) is 0 Å². The van der Waals surface area contributed by atoms with E-state index in [0.717, 1.165) is 13.0 Å². The second kappa shape index (κ2) is 15.4. The molecule has 1 rings (SSSR count). The molecule has 9 nitrogen and oxygen atoms in total. The van der Waals surface area contributed by atoms with Crippen molar-refractivity contribution in [1.29, 1.82) is 0 Å². The normalized spacial score (nSPS) is 16.8. The third-order valence-electron chi connectivity index (χ3n) is 4.06. The van der Waals surface area contributed by atoms with E-state index in [0.29, 0.717) is 52.8 Å². The zero-order valence-electron chi connectivity index (χ0n) is 17.1. The summed E-state index contributed by atoms with van der Waals surface area (Å²) in [5.74, 6) is -0.891. The molecule has 10 heteroatoms. The van der Waals surface area contributed by atoms with Crippen LogP contribution in [-0.2, 0) is 33.3 Å². The van der Waals surface area contributed by atoms with Crippen LogP contribution in [-0.4, -0.2) is 96.4 Å². The molecule has 0 saturated carbocycles. The van der Waals surface area contributed by atoms with E-state index >= 15 is 0 Å². The number of carbonyl (C=O) groups excluding carboxylic acids is 3. The van der Waals surface area contributed by atoms with Gasteiger partial charge in [0.15, 0.2) is 0 Å². The second-order valence-corrected chi connectivity index (χ2v) is 6.54. The summed E-state index contributed by atoms with van der Waals surface area (Å²) >= 11 is 0. The van der Waals surface area contributed by atoms with E-state index in [9.17, 15) is 14.4 Å². The molecule has 0 bridgehead atoms. The molecule has 1 N–H and O–H groups in total. The highest BCUT2D eigenvalue weighted by atomic mass is 16.6. The SMILES string of the molecule is BC1CC(=O)N(CCC(=O)NCCOCCOCCOCCOCCC)C1=O. The third kappa shape index (κ3) is 10.7. The molecule has 0 aliphatic carbocycles. The number of amides is 3. The third-order valence-corrected chi connectivity index (χ3v) is 4.06. The topological polar surface area (TPSA) is 103 Å². The first-order valence-electron chi connectivity index (χ1n) is 9.98. The molecule has 1 saturated heterocycles. The minimum Gasteiger partial charge on any atom is -0.379 e. The maximum Gasteiger partial charge on any atom is 0.229 e. The Morgan fingerprint density at radius 1 is 1.00 bits per heavy atom. The van der Waals surface area contributed by atoms with Gasteiger partial charge in [0.1, 0.15) is 7.85 Å². The second-order valence-electron chi connectivity index (χ2n) is 6.54. The summed E-state index contributed by atoms with van der Waals surface area (Å²) in [7, 11) is 1.72. The number of carbonyl (C=O) groups is 3. The lowest BCUT2D eigenvalue weighted by molar-refractivity contribution is -0.138. The Labute approximate surface area is 167 Å². The number of imide groups is 1. The Balaban J connectivity index is 1.85. The zero-order chi connectivity index (χ0) is 20.6. The van der Waals surface area contributed by atoms with Gasteiger partial charge in [-0.1, -0.05) is 6.92 Å². The molecule has 1 unspecified atom stereocenters. The van der Waals surface area contributed by atoms with Gasteiger partial charge in [-0.05, 0) is 6.42 Å². The summed E-state index contributed by atoms with van der Waals surface area (Å²) in [4.78, 5) is 36.3. The van der Waals surface area contributed by atoms with Gasteiger partial charge in [0.25, 0.3) is 0 Å². The number of hydrogen-bond acceptors (Lipinski definition) is 7. The Hall–Kier alpha value is -1.49. The van der Waals surface area contributed by atoms with Crippen molar-refractivity contribution in [2.75, 3.05) is 65.9 Å². The standard InChI is InChI=1S/C18H33BN2O7/c1-2-6-25-8-10-27-12-13-28-11-9-26-7-4-20-16(22)3-5-21-17(23)14-15(19)18(21)24/h15H,2-14,19H2,1H3,(H,20,22). The van der Waals surface area contributed by atoms with E-state index in [-0.39, 0.29) is 42.9 Å². The first kappa shape index (κ1) is 24.6. The number of nitrogens with zero attached hydrogens (tertiary/aromatic N) is 1. The van der Waals surface area contributed by atoms with E-state index < -0.39 is 0 Å². The lowest BCUT2D eigenvalue weighted by Gasteiger charge is -2.14. The molecular weight excluding hydrogens is 367 g/mol. The van der Waals surface area contributed by atoms with Crippen LogP contribution >= 0.6 is 0 Å². The quantitative estimate of drug-likeness (QED) is 0.193. The predicted molar refractivity (Wildman–Crippen MR) is 105 cm³/mol. The smallest absolute Gasteiger partial charge is 0.229 e. The van der Waals surface area contributed by atoms with Gasteiger partial charge in [-0.25, -0.2) is 0 Å². The summed E-state index contributed by atoms with van der Waals surface area (Å²) in [6.07, 6.45) is 1.35. The van der Waals surface area contributed by atoms with Crippen LogP contribution in [0, 0.1) is 0 Å². The van der Waals surface area contributed by atoms with Crippen LogP contribution in [0.1, 0.15) is 26.2 Å². The van der Waals surface area contributed by atoms with Crippen LogP contribution in [0.15, 0.2) is 0 Å². The van der Waals surface area contributed by atoms with Gasteiger partial charge in [-0.3, -0.25) is 19.3 Å². The molecule has 3 amide bonds. The van der Waals surface area contributed by atoms with E-state index in [4.69, 9.17) is 18.9 Å². The Bertz CT molecular complexity index is 479. The van der Waals surface area contributed by atoms with Gasteiger partial charge >= 0.3 is 0 Å². The van der Waals surface area contributed by atoms with Crippen molar-refractivity contribution in [1.82, 2.24) is 10.2 Å². The molecule has 0 aromatic heterocycles. The van der Waals surface area contributed by atoms with Crippen LogP contribution < -0.4 is 5.32 Å². The molecule has 1 atom stereocenters. The van der Waals surface area contributed by atoms with Crippen LogP contribution in [0.3, 0.4) is 0 Å². The van der Waals surface area contributed by atoms with Gasteiger partial charge in [0.05, 0.1) is 46.2 Å². The number of likely N-dealkylation sites (tertiary alicyclic amines) is 1. The summed E-state index contributed by atoms with van der Waals surface area (Å²) in [6.45, 7) is 6.79. The summed E-state index contributed by atoms with van der Waals surface area (Å²) < 4.78 is 21.4. The molecule has 1 fully saturated rings. The lowest BCUT2D eigenvalue weighted by atomic mass is 9.86. The van der Waals surface area contributed by atoms with Crippen LogP contribution in [0.25, 0.3) is 0 Å². The van der Waals surface area contributed by atoms with Gasteiger partial charge < -0.3 is 24.3 Å². The van der Waals surface area contributed by atoms with E-state index in [1.807, 2.05) is 0 Å². The first-order chi connectivity index (χ1) is 13.6. The molecule has 0 aromatic rings. The molecule has 0 spiro atoms. The molecule has 1 aliphatic heterocycles. The number of ether oxygens (including phenoxy) is 4. The van der Waals surface area contributed by atoms with E-state index in [1.165, 1.54) is 4.90 Å².